The molecular formula is C30H28Cl2FN3O4. The molecule has 3 fully saturated rings. The SMILES string of the molecule is CC(=O)c1ccc2nc(N3CC4(CC(OCc5c(-c6c(Cl)cccc6Cl)noc5C5CC5)C4)C[C@H]3CF)oc2c1. The van der Waals surface area contributed by atoms with Crippen LogP contribution in [0.5, 0.6) is 0 Å². The van der Waals surface area contributed by atoms with Gasteiger partial charge in [0.15, 0.2) is 11.4 Å². The topological polar surface area (TPSA) is 81.6 Å². The molecule has 4 aromatic rings. The first kappa shape index (κ1) is 26.0. The van der Waals surface area contributed by atoms with Gasteiger partial charge in [-0.2, -0.15) is 4.98 Å². The molecule has 1 aliphatic heterocycles. The largest absolute Gasteiger partial charge is 0.423 e. The van der Waals surface area contributed by atoms with Crippen LogP contribution in [0.3, 0.4) is 0 Å². The van der Waals surface area contributed by atoms with Gasteiger partial charge in [-0.05, 0) is 74.8 Å². The van der Waals surface area contributed by atoms with Crippen LogP contribution in [0.25, 0.3) is 22.4 Å². The van der Waals surface area contributed by atoms with Crippen molar-refractivity contribution in [2.75, 3.05) is 18.1 Å². The van der Waals surface area contributed by atoms with Crippen LogP contribution in [0.1, 0.15) is 66.6 Å². The maximum Gasteiger partial charge on any atom is 0.298 e. The highest BCUT2D eigenvalue weighted by molar-refractivity contribution is 6.39. The fourth-order valence-corrected chi connectivity index (χ4v) is 6.93. The summed E-state index contributed by atoms with van der Waals surface area (Å²) in [5.74, 6) is 1.17. The van der Waals surface area contributed by atoms with Crippen molar-refractivity contribution in [2.24, 2.45) is 5.41 Å². The fraction of sp³-hybridized carbons (Fsp3) is 0.433. The lowest BCUT2D eigenvalue weighted by Gasteiger charge is -2.44. The monoisotopic (exact) mass is 583 g/mol. The molecule has 1 atom stereocenters. The van der Waals surface area contributed by atoms with Crippen molar-refractivity contribution in [3.8, 4) is 11.3 Å². The smallest absolute Gasteiger partial charge is 0.298 e. The number of ketones is 1. The number of nitrogens with zero attached hydrogens (tertiary/aromatic N) is 3. The summed E-state index contributed by atoms with van der Waals surface area (Å²) in [6, 6.07) is 10.7. The number of halogens is 3. The number of carbonyl (C=O) groups excluding carboxylic acids is 1. The van der Waals surface area contributed by atoms with Crippen molar-refractivity contribution >= 4 is 46.1 Å². The molecule has 7 nitrogen and oxygen atoms in total. The van der Waals surface area contributed by atoms with E-state index in [2.05, 4.69) is 10.1 Å². The van der Waals surface area contributed by atoms with Gasteiger partial charge in [0.1, 0.15) is 23.6 Å². The molecule has 1 spiro atoms. The van der Waals surface area contributed by atoms with Crippen molar-refractivity contribution in [2.45, 2.75) is 63.7 Å². The molecule has 3 aliphatic rings. The van der Waals surface area contributed by atoms with Crippen LogP contribution in [0.4, 0.5) is 10.4 Å². The number of aromatic nitrogens is 2. The Balaban J connectivity index is 1.06. The van der Waals surface area contributed by atoms with E-state index in [1.807, 2.05) is 4.90 Å². The van der Waals surface area contributed by atoms with Crippen molar-refractivity contribution in [3.05, 3.63) is 63.3 Å². The maximum atomic E-state index is 14.2. The van der Waals surface area contributed by atoms with Gasteiger partial charge in [-0.1, -0.05) is 34.4 Å². The Labute approximate surface area is 240 Å². The second-order valence-corrected chi connectivity index (χ2v) is 12.3. The lowest BCUT2D eigenvalue weighted by atomic mass is 9.65. The summed E-state index contributed by atoms with van der Waals surface area (Å²) in [4.78, 5) is 18.3. The number of rotatable bonds is 8. The first-order valence-corrected chi connectivity index (χ1v) is 14.4. The number of fused-ring (bicyclic) bond motifs is 1. The molecule has 10 heteroatoms. The van der Waals surface area contributed by atoms with Gasteiger partial charge in [-0.15, -0.1) is 0 Å². The van der Waals surface area contributed by atoms with Crippen molar-refractivity contribution in [1.82, 2.24) is 10.1 Å². The van der Waals surface area contributed by atoms with Crippen LogP contribution in [0.2, 0.25) is 10.0 Å². The number of hydrogen-bond acceptors (Lipinski definition) is 7. The summed E-state index contributed by atoms with van der Waals surface area (Å²) in [5.41, 5.74) is 3.90. The number of hydrogen-bond donors (Lipinski definition) is 0. The van der Waals surface area contributed by atoms with Crippen LogP contribution < -0.4 is 4.90 Å². The fourth-order valence-electron chi connectivity index (χ4n) is 6.35. The van der Waals surface area contributed by atoms with E-state index in [0.29, 0.717) is 69.5 Å². The lowest BCUT2D eigenvalue weighted by molar-refractivity contribution is -0.0809. The quantitative estimate of drug-likeness (QED) is 0.196. The highest BCUT2D eigenvalue weighted by atomic mass is 35.5. The summed E-state index contributed by atoms with van der Waals surface area (Å²) >= 11 is 13.0. The van der Waals surface area contributed by atoms with Gasteiger partial charge in [0.2, 0.25) is 0 Å². The van der Waals surface area contributed by atoms with Gasteiger partial charge in [-0.3, -0.25) is 4.79 Å². The Hall–Kier alpha value is -2.94. The minimum Gasteiger partial charge on any atom is -0.423 e. The zero-order chi connectivity index (χ0) is 27.6. The third-order valence-corrected chi connectivity index (χ3v) is 9.20. The third-order valence-electron chi connectivity index (χ3n) is 8.57. The van der Waals surface area contributed by atoms with Crippen molar-refractivity contribution < 1.29 is 22.9 Å². The first-order chi connectivity index (χ1) is 19.3. The Kier molecular flexibility index (Phi) is 6.40. The van der Waals surface area contributed by atoms with Gasteiger partial charge in [0.05, 0.1) is 28.8 Å². The molecule has 1 saturated heterocycles. The minimum absolute atomic E-state index is 0.0403. The minimum atomic E-state index is -0.488. The zero-order valence-electron chi connectivity index (χ0n) is 22.0. The molecule has 0 amide bonds. The van der Waals surface area contributed by atoms with Crippen molar-refractivity contribution in [3.63, 3.8) is 0 Å². The highest BCUT2D eigenvalue weighted by Gasteiger charge is 2.53. The predicted molar refractivity (Wildman–Crippen MR) is 150 cm³/mol. The highest BCUT2D eigenvalue weighted by Crippen LogP contribution is 2.53. The summed E-state index contributed by atoms with van der Waals surface area (Å²) < 4.78 is 32.3. The van der Waals surface area contributed by atoms with Crippen LogP contribution >= 0.6 is 23.2 Å². The van der Waals surface area contributed by atoms with Crippen molar-refractivity contribution in [1.29, 1.82) is 0 Å². The molecule has 2 aromatic carbocycles. The predicted octanol–water partition coefficient (Wildman–Crippen LogP) is 7.78. The number of anilines is 1. The third kappa shape index (κ3) is 4.50. The van der Waals surface area contributed by atoms with E-state index in [4.69, 9.17) is 36.9 Å². The molecule has 7 rings (SSSR count). The van der Waals surface area contributed by atoms with Gasteiger partial charge in [0.25, 0.3) is 6.01 Å². The Morgan fingerprint density at radius 3 is 2.65 bits per heavy atom. The van der Waals surface area contributed by atoms with Gasteiger partial charge in [0, 0.05) is 29.2 Å². The molecule has 3 heterocycles. The number of benzene rings is 2. The zero-order valence-corrected chi connectivity index (χ0v) is 23.5. The molecule has 40 heavy (non-hydrogen) atoms. The lowest BCUT2D eigenvalue weighted by Crippen LogP contribution is -2.44. The molecule has 2 aromatic heterocycles. The van der Waals surface area contributed by atoms with E-state index in [0.717, 1.165) is 37.0 Å². The van der Waals surface area contributed by atoms with E-state index in [1.54, 1.807) is 36.4 Å². The van der Waals surface area contributed by atoms with Gasteiger partial charge in [-0.25, -0.2) is 4.39 Å². The Morgan fingerprint density at radius 1 is 1.18 bits per heavy atom. The van der Waals surface area contributed by atoms with Crippen LogP contribution in [0.15, 0.2) is 45.3 Å². The number of alkyl halides is 1. The van der Waals surface area contributed by atoms with E-state index in [9.17, 15) is 9.18 Å². The number of carbonyl (C=O) groups is 1. The molecule has 0 unspecified atom stereocenters. The van der Waals surface area contributed by atoms with E-state index < -0.39 is 6.67 Å². The number of oxazole rings is 1. The summed E-state index contributed by atoms with van der Waals surface area (Å²) in [6.45, 7) is 2.03. The summed E-state index contributed by atoms with van der Waals surface area (Å²) in [6.07, 6.45) is 4.52. The van der Waals surface area contributed by atoms with E-state index in [1.165, 1.54) is 6.92 Å². The molecule has 208 valence electrons. The molecule has 2 aliphatic carbocycles. The van der Waals surface area contributed by atoms with Crippen LogP contribution in [-0.2, 0) is 11.3 Å². The van der Waals surface area contributed by atoms with Gasteiger partial charge >= 0.3 is 0 Å². The Bertz CT molecular complexity index is 1590. The average molecular weight is 584 g/mol. The standard InChI is InChI=1S/C30H28Cl2FN3O4/c1-16(37)18-7-8-24-25(9-18)39-29(34-24)36-15-30(10-19(36)13-33)11-20(12-30)38-14-21-27(35-40-28(21)17-5-6-17)26-22(31)3-2-4-23(26)32/h2-4,7-9,17,19-20H,5-6,10-15H2,1H3/t19-,20?,30?/m0/s1. The molecular weight excluding hydrogens is 556 g/mol. The normalized spacial score (nSPS) is 24.2. The number of ether oxygens (including phenoxy) is 1. The second kappa shape index (κ2) is 9.86. The Morgan fingerprint density at radius 2 is 1.95 bits per heavy atom. The number of Topliss-reactive ketones (excluding diaryl/α,β-unsaturated/α-hetero) is 1. The molecule has 0 radical (unpaired) electrons. The van der Waals surface area contributed by atoms with E-state index in [-0.39, 0.29) is 23.3 Å². The van der Waals surface area contributed by atoms with Crippen LogP contribution in [0, 0.1) is 5.41 Å². The first-order valence-electron chi connectivity index (χ1n) is 13.6. The molecule has 0 bridgehead atoms. The second-order valence-electron chi connectivity index (χ2n) is 11.5. The average Bonchev–Trinajstić information content (AvgIpc) is 3.36. The summed E-state index contributed by atoms with van der Waals surface area (Å²) in [7, 11) is 0. The van der Waals surface area contributed by atoms with E-state index >= 15 is 0 Å². The maximum absolute atomic E-state index is 14.2. The van der Waals surface area contributed by atoms with Crippen LogP contribution in [-0.4, -0.2) is 41.3 Å². The summed E-state index contributed by atoms with van der Waals surface area (Å²) in [5, 5.41) is 5.39. The molecule has 0 N–H and O–H groups in total. The molecule has 2 saturated carbocycles. The van der Waals surface area contributed by atoms with Gasteiger partial charge < -0.3 is 18.6 Å².